The standard InChI is InChI=1S/C19H24N2O4/c1-12-7-5-6-8-14(12)25-11-15(22)20-21-16(23)13-9-10-19(4,17(21)24)18(13,2)3/h5-8,13H,9-11H2,1-4H3,(H,20,22)/t13-,19-/m0/s1. The first kappa shape index (κ1) is 17.5. The van der Waals surface area contributed by atoms with Crippen LogP contribution in [0.2, 0.25) is 0 Å². The minimum atomic E-state index is -0.643. The number of amides is 3. The van der Waals surface area contributed by atoms with E-state index in [2.05, 4.69) is 5.43 Å². The maximum Gasteiger partial charge on any atom is 0.276 e. The highest BCUT2D eigenvalue weighted by atomic mass is 16.5. The molecule has 2 aliphatic rings. The van der Waals surface area contributed by atoms with Crippen molar-refractivity contribution >= 4 is 17.7 Å². The lowest BCUT2D eigenvalue weighted by Gasteiger charge is -2.47. The van der Waals surface area contributed by atoms with Crippen LogP contribution in [0.4, 0.5) is 0 Å². The van der Waals surface area contributed by atoms with Crippen molar-refractivity contribution < 1.29 is 19.1 Å². The molecule has 2 atom stereocenters. The molecule has 0 spiro atoms. The summed E-state index contributed by atoms with van der Waals surface area (Å²) in [7, 11) is 0. The van der Waals surface area contributed by atoms with Gasteiger partial charge < -0.3 is 4.74 Å². The summed E-state index contributed by atoms with van der Waals surface area (Å²) in [6.45, 7) is 7.42. The van der Waals surface area contributed by atoms with Gasteiger partial charge in [0.05, 0.1) is 5.41 Å². The van der Waals surface area contributed by atoms with Crippen LogP contribution in [0, 0.1) is 23.7 Å². The molecule has 3 rings (SSSR count). The number of piperidine rings is 1. The molecule has 1 aromatic carbocycles. The molecule has 1 N–H and O–H groups in total. The number of hydrogen-bond donors (Lipinski definition) is 1. The number of rotatable bonds is 4. The van der Waals surface area contributed by atoms with Crippen LogP contribution in [0.15, 0.2) is 24.3 Å². The summed E-state index contributed by atoms with van der Waals surface area (Å²) in [5.74, 6) is -0.836. The van der Waals surface area contributed by atoms with Gasteiger partial charge in [0, 0.05) is 5.92 Å². The number of fused-ring (bicyclic) bond motifs is 2. The highest BCUT2D eigenvalue weighted by Crippen LogP contribution is 2.59. The number of ether oxygens (including phenoxy) is 1. The Morgan fingerprint density at radius 3 is 2.64 bits per heavy atom. The molecule has 6 nitrogen and oxygen atoms in total. The fraction of sp³-hybridized carbons (Fsp3) is 0.526. The van der Waals surface area contributed by atoms with Crippen LogP contribution in [-0.4, -0.2) is 29.3 Å². The molecule has 25 heavy (non-hydrogen) atoms. The number of hydrazine groups is 1. The lowest BCUT2D eigenvalue weighted by molar-refractivity contribution is -0.174. The van der Waals surface area contributed by atoms with E-state index in [9.17, 15) is 14.4 Å². The van der Waals surface area contributed by atoms with Gasteiger partial charge in [-0.25, -0.2) is 0 Å². The number of benzene rings is 1. The Kier molecular flexibility index (Phi) is 4.09. The van der Waals surface area contributed by atoms with Crippen LogP contribution in [0.5, 0.6) is 5.75 Å². The zero-order valence-electron chi connectivity index (χ0n) is 15.1. The first-order valence-electron chi connectivity index (χ1n) is 8.55. The maximum absolute atomic E-state index is 12.8. The van der Waals surface area contributed by atoms with Gasteiger partial charge in [-0.2, -0.15) is 5.01 Å². The van der Waals surface area contributed by atoms with E-state index >= 15 is 0 Å². The maximum atomic E-state index is 12.8. The molecule has 2 fully saturated rings. The summed E-state index contributed by atoms with van der Waals surface area (Å²) in [4.78, 5) is 37.7. The highest BCUT2D eigenvalue weighted by molar-refractivity contribution is 6.05. The number of carbonyl (C=O) groups is 3. The summed E-state index contributed by atoms with van der Waals surface area (Å²) in [6, 6.07) is 7.35. The second-order valence-electron chi connectivity index (χ2n) is 7.71. The molecule has 2 bridgehead atoms. The predicted molar refractivity (Wildman–Crippen MR) is 91.3 cm³/mol. The fourth-order valence-corrected chi connectivity index (χ4v) is 3.94. The van der Waals surface area contributed by atoms with Gasteiger partial charge in [0.2, 0.25) is 0 Å². The molecule has 3 amide bonds. The van der Waals surface area contributed by atoms with Crippen LogP contribution in [0.3, 0.4) is 0 Å². The average molecular weight is 344 g/mol. The number of aryl methyl sites for hydroxylation is 1. The molecule has 1 aliphatic heterocycles. The lowest BCUT2D eigenvalue weighted by Crippen LogP contribution is -2.64. The quantitative estimate of drug-likeness (QED) is 0.850. The number of para-hydroxylation sites is 1. The van der Waals surface area contributed by atoms with E-state index in [0.717, 1.165) is 10.6 Å². The van der Waals surface area contributed by atoms with Crippen LogP contribution in [0.1, 0.15) is 39.2 Å². The van der Waals surface area contributed by atoms with Gasteiger partial charge in [-0.3, -0.25) is 19.8 Å². The molecule has 1 aliphatic carbocycles. The first-order chi connectivity index (χ1) is 11.7. The van der Waals surface area contributed by atoms with Crippen molar-refractivity contribution in [2.24, 2.45) is 16.7 Å². The topological polar surface area (TPSA) is 75.7 Å². The van der Waals surface area contributed by atoms with E-state index in [1.54, 1.807) is 6.07 Å². The lowest BCUT2D eigenvalue weighted by atomic mass is 9.63. The molecular formula is C19H24N2O4. The number of imide groups is 1. The predicted octanol–water partition coefficient (Wildman–Crippen LogP) is 2.22. The SMILES string of the molecule is Cc1ccccc1OCC(=O)NN1C(=O)[C@@H]2CC[C@@](C)(C1=O)C2(C)C. The van der Waals surface area contributed by atoms with E-state index in [4.69, 9.17) is 4.74 Å². The van der Waals surface area contributed by atoms with Gasteiger partial charge in [0.15, 0.2) is 6.61 Å². The van der Waals surface area contributed by atoms with E-state index in [0.29, 0.717) is 18.6 Å². The Hall–Kier alpha value is -2.37. The second kappa shape index (κ2) is 5.86. The third kappa shape index (κ3) is 2.60. The Labute approximate surface area is 147 Å². The van der Waals surface area contributed by atoms with Gasteiger partial charge in [0.1, 0.15) is 5.75 Å². The monoisotopic (exact) mass is 344 g/mol. The molecule has 1 heterocycles. The second-order valence-corrected chi connectivity index (χ2v) is 7.71. The van der Waals surface area contributed by atoms with Crippen LogP contribution >= 0.6 is 0 Å². The molecule has 0 unspecified atom stereocenters. The van der Waals surface area contributed by atoms with Gasteiger partial charge >= 0.3 is 0 Å². The van der Waals surface area contributed by atoms with Gasteiger partial charge in [-0.05, 0) is 36.8 Å². The molecular weight excluding hydrogens is 320 g/mol. The Morgan fingerprint density at radius 2 is 1.96 bits per heavy atom. The van der Waals surface area contributed by atoms with E-state index < -0.39 is 16.7 Å². The van der Waals surface area contributed by atoms with Crippen molar-refractivity contribution in [1.82, 2.24) is 10.4 Å². The molecule has 1 saturated carbocycles. The molecule has 1 aromatic rings. The molecule has 0 aromatic heterocycles. The molecule has 6 heteroatoms. The number of nitrogens with zero attached hydrogens (tertiary/aromatic N) is 1. The summed E-state index contributed by atoms with van der Waals surface area (Å²) in [5, 5.41) is 0.909. The summed E-state index contributed by atoms with van der Waals surface area (Å²) < 4.78 is 5.48. The first-order valence-corrected chi connectivity index (χ1v) is 8.55. The fourth-order valence-electron chi connectivity index (χ4n) is 3.94. The summed E-state index contributed by atoms with van der Waals surface area (Å²) in [5.41, 5.74) is 2.31. The van der Waals surface area contributed by atoms with Crippen LogP contribution < -0.4 is 10.2 Å². The summed E-state index contributed by atoms with van der Waals surface area (Å²) in [6.07, 6.45) is 1.32. The largest absolute Gasteiger partial charge is 0.483 e. The minimum Gasteiger partial charge on any atom is -0.483 e. The minimum absolute atomic E-state index is 0.257. The van der Waals surface area contributed by atoms with Gasteiger partial charge in [0.25, 0.3) is 17.7 Å². The zero-order valence-corrected chi connectivity index (χ0v) is 15.1. The van der Waals surface area contributed by atoms with Crippen molar-refractivity contribution in [3.63, 3.8) is 0 Å². The van der Waals surface area contributed by atoms with Crippen molar-refractivity contribution in [1.29, 1.82) is 0 Å². The molecule has 0 radical (unpaired) electrons. The number of hydrogen-bond acceptors (Lipinski definition) is 4. The van der Waals surface area contributed by atoms with Gasteiger partial charge in [-0.15, -0.1) is 0 Å². The molecule has 134 valence electrons. The van der Waals surface area contributed by atoms with Crippen molar-refractivity contribution in [2.75, 3.05) is 6.61 Å². The third-order valence-corrected chi connectivity index (χ3v) is 6.11. The number of nitrogens with one attached hydrogen (secondary N) is 1. The van der Waals surface area contributed by atoms with Crippen molar-refractivity contribution in [3.8, 4) is 5.75 Å². The number of carbonyl (C=O) groups excluding carboxylic acids is 3. The van der Waals surface area contributed by atoms with Crippen molar-refractivity contribution in [2.45, 2.75) is 40.5 Å². The smallest absolute Gasteiger partial charge is 0.276 e. The van der Waals surface area contributed by atoms with E-state index in [1.807, 2.05) is 45.9 Å². The van der Waals surface area contributed by atoms with Crippen LogP contribution in [0.25, 0.3) is 0 Å². The normalized spacial score (nSPS) is 27.4. The molecule has 1 saturated heterocycles. The average Bonchev–Trinajstić information content (AvgIpc) is 2.75. The zero-order chi connectivity index (χ0) is 18.4. The highest BCUT2D eigenvalue weighted by Gasteiger charge is 2.64. The Morgan fingerprint density at radius 1 is 1.28 bits per heavy atom. The van der Waals surface area contributed by atoms with Crippen LogP contribution in [-0.2, 0) is 14.4 Å². The van der Waals surface area contributed by atoms with Crippen molar-refractivity contribution in [3.05, 3.63) is 29.8 Å². The van der Waals surface area contributed by atoms with Gasteiger partial charge in [-0.1, -0.05) is 39.0 Å². The van der Waals surface area contributed by atoms with E-state index in [-0.39, 0.29) is 24.3 Å². The Balaban J connectivity index is 1.69. The van der Waals surface area contributed by atoms with E-state index in [1.165, 1.54) is 0 Å². The summed E-state index contributed by atoms with van der Waals surface area (Å²) >= 11 is 0. The third-order valence-electron chi connectivity index (χ3n) is 6.11. The Bertz CT molecular complexity index is 743.